The predicted molar refractivity (Wildman–Crippen MR) is 123 cm³/mol. The molecule has 1 atom stereocenters. The topological polar surface area (TPSA) is 51.7 Å². The molecule has 31 heavy (non-hydrogen) atoms. The molecule has 2 heterocycles. The Labute approximate surface area is 184 Å². The lowest BCUT2D eigenvalue weighted by Crippen LogP contribution is -2.37. The largest absolute Gasteiger partial charge is 0.457 e. The summed E-state index contributed by atoms with van der Waals surface area (Å²) in [5.41, 5.74) is 1.46. The van der Waals surface area contributed by atoms with Gasteiger partial charge in [-0.3, -0.25) is 9.69 Å². The average Bonchev–Trinajstić information content (AvgIpc) is 3.47. The van der Waals surface area contributed by atoms with Gasteiger partial charge in [0.15, 0.2) is 5.13 Å². The summed E-state index contributed by atoms with van der Waals surface area (Å²) in [7, 11) is 0. The second-order valence-corrected chi connectivity index (χ2v) is 8.47. The number of para-hydroxylation sites is 2. The van der Waals surface area contributed by atoms with Crippen LogP contribution in [0.25, 0.3) is 10.2 Å². The molecule has 5 nitrogen and oxygen atoms in total. The minimum Gasteiger partial charge on any atom is -0.457 e. The van der Waals surface area contributed by atoms with Crippen molar-refractivity contribution in [1.82, 2.24) is 4.98 Å². The minimum absolute atomic E-state index is 0.0275. The molecule has 4 aromatic rings. The van der Waals surface area contributed by atoms with Crippen LogP contribution < -0.4 is 9.64 Å². The summed E-state index contributed by atoms with van der Waals surface area (Å²) in [5, 5.41) is 0.691. The first-order valence-electron chi connectivity index (χ1n) is 10.4. The number of benzene rings is 3. The van der Waals surface area contributed by atoms with Crippen LogP contribution in [0.15, 0.2) is 78.9 Å². The molecule has 156 valence electrons. The lowest BCUT2D eigenvalue weighted by Gasteiger charge is -2.23. The number of carbonyl (C=O) groups excluding carboxylic acids is 1. The number of rotatable bonds is 6. The van der Waals surface area contributed by atoms with Gasteiger partial charge in [0.05, 0.1) is 22.9 Å². The maximum absolute atomic E-state index is 13.6. The van der Waals surface area contributed by atoms with Gasteiger partial charge in [0.1, 0.15) is 11.5 Å². The first kappa shape index (κ1) is 19.7. The van der Waals surface area contributed by atoms with Crippen molar-refractivity contribution in [2.45, 2.75) is 18.9 Å². The number of thiazole rings is 1. The molecule has 0 bridgehead atoms. The Morgan fingerprint density at radius 1 is 1.03 bits per heavy atom. The SMILES string of the molecule is O=C(c1cccc(Oc2ccccc2)c1)N(CC1CCCO1)c1nc2ccccc2s1. The van der Waals surface area contributed by atoms with E-state index in [0.717, 1.165) is 35.4 Å². The van der Waals surface area contributed by atoms with Crippen molar-refractivity contribution >= 4 is 32.6 Å². The maximum atomic E-state index is 13.6. The van der Waals surface area contributed by atoms with E-state index in [1.807, 2.05) is 72.8 Å². The number of amides is 1. The number of nitrogens with zero attached hydrogens (tertiary/aromatic N) is 2. The van der Waals surface area contributed by atoms with Gasteiger partial charge in [0.25, 0.3) is 5.91 Å². The van der Waals surface area contributed by atoms with Crippen molar-refractivity contribution in [3.8, 4) is 11.5 Å². The highest BCUT2D eigenvalue weighted by Crippen LogP contribution is 2.31. The van der Waals surface area contributed by atoms with E-state index < -0.39 is 0 Å². The highest BCUT2D eigenvalue weighted by molar-refractivity contribution is 7.22. The second-order valence-electron chi connectivity index (χ2n) is 7.46. The van der Waals surface area contributed by atoms with Gasteiger partial charge in [-0.1, -0.05) is 47.7 Å². The molecule has 0 saturated carbocycles. The number of ether oxygens (including phenoxy) is 2. The summed E-state index contributed by atoms with van der Waals surface area (Å²) >= 11 is 1.53. The molecule has 3 aromatic carbocycles. The molecule has 0 aliphatic carbocycles. The van der Waals surface area contributed by atoms with Gasteiger partial charge in [0, 0.05) is 12.2 Å². The quantitative estimate of drug-likeness (QED) is 0.381. The van der Waals surface area contributed by atoms with E-state index in [4.69, 9.17) is 14.5 Å². The maximum Gasteiger partial charge on any atom is 0.260 e. The van der Waals surface area contributed by atoms with Crippen LogP contribution in [-0.2, 0) is 4.74 Å². The lowest BCUT2D eigenvalue weighted by molar-refractivity contribution is 0.0917. The van der Waals surface area contributed by atoms with E-state index in [-0.39, 0.29) is 12.0 Å². The molecule has 1 aliphatic heterocycles. The summed E-state index contributed by atoms with van der Waals surface area (Å²) in [6, 6.07) is 24.8. The number of aromatic nitrogens is 1. The third-order valence-corrected chi connectivity index (χ3v) is 6.29. The van der Waals surface area contributed by atoms with Crippen LogP contribution in [0.3, 0.4) is 0 Å². The fraction of sp³-hybridized carbons (Fsp3) is 0.200. The van der Waals surface area contributed by atoms with Crippen molar-refractivity contribution in [2.75, 3.05) is 18.1 Å². The Kier molecular flexibility index (Phi) is 5.65. The van der Waals surface area contributed by atoms with Crippen LogP contribution in [0, 0.1) is 0 Å². The third kappa shape index (κ3) is 4.45. The van der Waals surface area contributed by atoms with Crippen LogP contribution in [0.2, 0.25) is 0 Å². The van der Waals surface area contributed by atoms with Crippen molar-refractivity contribution in [2.24, 2.45) is 0 Å². The highest BCUT2D eigenvalue weighted by atomic mass is 32.1. The highest BCUT2D eigenvalue weighted by Gasteiger charge is 2.27. The molecular formula is C25H22N2O3S. The standard InChI is InChI=1S/C25H22N2O3S/c28-24(18-8-6-11-20(16-18)30-19-9-2-1-3-10-19)27(17-21-12-7-15-29-21)25-26-22-13-4-5-14-23(22)31-25/h1-6,8-11,13-14,16,21H,7,12,15,17H2. The van der Waals surface area contributed by atoms with Crippen molar-refractivity contribution < 1.29 is 14.3 Å². The Hall–Kier alpha value is -3.22. The van der Waals surface area contributed by atoms with E-state index in [2.05, 4.69) is 0 Å². The van der Waals surface area contributed by atoms with E-state index in [1.165, 1.54) is 11.3 Å². The fourth-order valence-electron chi connectivity index (χ4n) is 3.69. The number of hydrogen-bond donors (Lipinski definition) is 0. The third-order valence-electron chi connectivity index (χ3n) is 5.23. The zero-order valence-corrected chi connectivity index (χ0v) is 17.8. The number of carbonyl (C=O) groups is 1. The number of anilines is 1. The summed E-state index contributed by atoms with van der Waals surface area (Å²) in [5.74, 6) is 1.25. The molecule has 1 saturated heterocycles. The molecule has 1 fully saturated rings. The Balaban J connectivity index is 1.45. The van der Waals surface area contributed by atoms with Gasteiger partial charge < -0.3 is 9.47 Å². The number of fused-ring (bicyclic) bond motifs is 1. The van der Waals surface area contributed by atoms with E-state index >= 15 is 0 Å². The van der Waals surface area contributed by atoms with Crippen molar-refractivity contribution in [1.29, 1.82) is 0 Å². The molecule has 1 aliphatic rings. The first-order chi connectivity index (χ1) is 15.3. The van der Waals surface area contributed by atoms with Gasteiger partial charge in [-0.15, -0.1) is 0 Å². The molecule has 1 amide bonds. The molecule has 0 radical (unpaired) electrons. The second kappa shape index (κ2) is 8.88. The predicted octanol–water partition coefficient (Wildman–Crippen LogP) is 5.91. The normalized spacial score (nSPS) is 15.8. The fourth-order valence-corrected chi connectivity index (χ4v) is 4.66. The van der Waals surface area contributed by atoms with Crippen LogP contribution in [0.5, 0.6) is 11.5 Å². The molecule has 0 N–H and O–H groups in total. The van der Waals surface area contributed by atoms with Gasteiger partial charge in [0.2, 0.25) is 0 Å². The van der Waals surface area contributed by atoms with Gasteiger partial charge >= 0.3 is 0 Å². The van der Waals surface area contributed by atoms with Crippen LogP contribution in [-0.4, -0.2) is 30.1 Å². The molecule has 5 rings (SSSR count). The molecule has 0 spiro atoms. The smallest absolute Gasteiger partial charge is 0.260 e. The van der Waals surface area contributed by atoms with Gasteiger partial charge in [-0.25, -0.2) is 4.98 Å². The minimum atomic E-state index is -0.104. The average molecular weight is 431 g/mol. The zero-order chi connectivity index (χ0) is 21.0. The summed E-state index contributed by atoms with van der Waals surface area (Å²) in [6.07, 6.45) is 2.00. The van der Waals surface area contributed by atoms with Crippen LogP contribution >= 0.6 is 11.3 Å². The zero-order valence-electron chi connectivity index (χ0n) is 16.9. The molecule has 1 unspecified atom stereocenters. The van der Waals surface area contributed by atoms with Gasteiger partial charge in [-0.2, -0.15) is 0 Å². The summed E-state index contributed by atoms with van der Waals surface area (Å²) < 4.78 is 12.8. The first-order valence-corrected chi connectivity index (χ1v) is 11.2. The number of hydrogen-bond acceptors (Lipinski definition) is 5. The van der Waals surface area contributed by atoms with Crippen molar-refractivity contribution in [3.05, 3.63) is 84.4 Å². The lowest BCUT2D eigenvalue weighted by atomic mass is 10.1. The molecule has 6 heteroatoms. The van der Waals surface area contributed by atoms with Crippen molar-refractivity contribution in [3.63, 3.8) is 0 Å². The van der Waals surface area contributed by atoms with Crippen LogP contribution in [0.1, 0.15) is 23.2 Å². The van der Waals surface area contributed by atoms with E-state index in [9.17, 15) is 4.79 Å². The van der Waals surface area contributed by atoms with Gasteiger partial charge in [-0.05, 0) is 55.3 Å². The Morgan fingerprint density at radius 2 is 1.84 bits per heavy atom. The van der Waals surface area contributed by atoms with Crippen LogP contribution in [0.4, 0.5) is 5.13 Å². The monoisotopic (exact) mass is 430 g/mol. The van der Waals surface area contributed by atoms with E-state index in [1.54, 1.807) is 11.0 Å². The summed E-state index contributed by atoms with van der Waals surface area (Å²) in [6.45, 7) is 1.23. The van der Waals surface area contributed by atoms with E-state index in [0.29, 0.717) is 23.0 Å². The Bertz CT molecular complexity index is 1150. The molecular weight excluding hydrogens is 408 g/mol. The molecule has 1 aromatic heterocycles. The Morgan fingerprint density at radius 3 is 2.65 bits per heavy atom. The summed E-state index contributed by atoms with van der Waals surface area (Å²) in [4.78, 5) is 20.1.